The fourth-order valence-electron chi connectivity index (χ4n) is 1.25. The van der Waals surface area contributed by atoms with E-state index >= 15 is 0 Å². The molecule has 4 heteroatoms. The normalized spacial score (nSPS) is 10.7. The van der Waals surface area contributed by atoms with E-state index in [1.807, 2.05) is 6.07 Å². The van der Waals surface area contributed by atoms with Gasteiger partial charge >= 0.3 is 0 Å². The van der Waals surface area contributed by atoms with Gasteiger partial charge in [-0.3, -0.25) is 5.10 Å². The number of aromatic nitrogens is 2. The zero-order valence-corrected chi connectivity index (χ0v) is 9.46. The van der Waals surface area contributed by atoms with Crippen molar-refractivity contribution in [3.05, 3.63) is 18.0 Å². The molecule has 1 heterocycles. The molecule has 86 valence electrons. The summed E-state index contributed by atoms with van der Waals surface area (Å²) in [5, 5.41) is 10.1. The van der Waals surface area contributed by atoms with Gasteiger partial charge in [0.15, 0.2) is 0 Å². The lowest BCUT2D eigenvalue weighted by atomic mass is 10.3. The summed E-state index contributed by atoms with van der Waals surface area (Å²) in [5.74, 6) is 0. The largest absolute Gasteiger partial charge is 0.381 e. The average molecular weight is 211 g/mol. The van der Waals surface area contributed by atoms with E-state index in [2.05, 4.69) is 22.4 Å². The fraction of sp³-hybridized carbons (Fsp3) is 0.727. The smallest absolute Gasteiger partial charge is 0.0490 e. The Morgan fingerprint density at radius 2 is 2.27 bits per heavy atom. The fourth-order valence-corrected chi connectivity index (χ4v) is 1.25. The molecule has 0 spiro atoms. The standard InChI is InChI=1S/C11H21N3O/c1-2-3-8-15-9-4-6-12-10-11-5-7-13-14-11/h5,7,12H,2-4,6,8-10H2,1H3,(H,13,14). The van der Waals surface area contributed by atoms with Crippen LogP contribution < -0.4 is 5.32 Å². The first-order chi connectivity index (χ1) is 7.43. The van der Waals surface area contributed by atoms with Crippen molar-refractivity contribution >= 4 is 0 Å². The molecule has 0 fully saturated rings. The van der Waals surface area contributed by atoms with Gasteiger partial charge in [-0.05, 0) is 25.5 Å². The summed E-state index contributed by atoms with van der Waals surface area (Å²) < 4.78 is 5.45. The van der Waals surface area contributed by atoms with Crippen LogP contribution in [0.5, 0.6) is 0 Å². The lowest BCUT2D eigenvalue weighted by molar-refractivity contribution is 0.128. The highest BCUT2D eigenvalue weighted by Crippen LogP contribution is 1.91. The summed E-state index contributed by atoms with van der Waals surface area (Å²) in [4.78, 5) is 0. The minimum absolute atomic E-state index is 0.856. The Hall–Kier alpha value is -0.870. The zero-order valence-electron chi connectivity index (χ0n) is 9.46. The maximum absolute atomic E-state index is 5.45. The lowest BCUT2D eigenvalue weighted by Crippen LogP contribution is -2.16. The number of aromatic amines is 1. The molecule has 2 N–H and O–H groups in total. The van der Waals surface area contributed by atoms with E-state index in [0.29, 0.717) is 0 Å². The SMILES string of the molecule is CCCCOCCCNCc1ccn[nH]1. The predicted molar refractivity (Wildman–Crippen MR) is 60.6 cm³/mol. The molecule has 0 radical (unpaired) electrons. The topological polar surface area (TPSA) is 49.9 Å². The van der Waals surface area contributed by atoms with Crippen LogP contribution in [0, 0.1) is 0 Å². The summed E-state index contributed by atoms with van der Waals surface area (Å²) in [5.41, 5.74) is 1.13. The van der Waals surface area contributed by atoms with Gasteiger partial charge in [-0.25, -0.2) is 0 Å². The molecule has 1 rings (SSSR count). The van der Waals surface area contributed by atoms with E-state index in [1.54, 1.807) is 6.20 Å². The van der Waals surface area contributed by atoms with Gasteiger partial charge in [0, 0.05) is 31.6 Å². The van der Waals surface area contributed by atoms with Gasteiger partial charge in [0.1, 0.15) is 0 Å². The van der Waals surface area contributed by atoms with Crippen LogP contribution in [-0.2, 0) is 11.3 Å². The maximum Gasteiger partial charge on any atom is 0.0490 e. The Kier molecular flexibility index (Phi) is 6.86. The molecule has 0 aliphatic rings. The first kappa shape index (κ1) is 12.2. The highest BCUT2D eigenvalue weighted by Gasteiger charge is 1.92. The molecular weight excluding hydrogens is 190 g/mol. The number of unbranched alkanes of at least 4 members (excludes halogenated alkanes) is 1. The van der Waals surface area contributed by atoms with Crippen LogP contribution in [-0.4, -0.2) is 30.0 Å². The van der Waals surface area contributed by atoms with Crippen molar-refractivity contribution in [3.8, 4) is 0 Å². The Morgan fingerprint density at radius 3 is 3.00 bits per heavy atom. The van der Waals surface area contributed by atoms with Gasteiger partial charge in [-0.2, -0.15) is 5.10 Å². The van der Waals surface area contributed by atoms with Crippen LogP contribution in [0.4, 0.5) is 0 Å². The molecule has 0 aliphatic heterocycles. The third kappa shape index (κ3) is 6.25. The third-order valence-electron chi connectivity index (χ3n) is 2.16. The van der Waals surface area contributed by atoms with Crippen molar-refractivity contribution in [1.82, 2.24) is 15.5 Å². The molecular formula is C11H21N3O. The van der Waals surface area contributed by atoms with Crippen molar-refractivity contribution in [3.63, 3.8) is 0 Å². The molecule has 0 aromatic carbocycles. The van der Waals surface area contributed by atoms with Crippen LogP contribution in [0.1, 0.15) is 31.9 Å². The Labute approximate surface area is 91.4 Å². The van der Waals surface area contributed by atoms with Gasteiger partial charge in [-0.15, -0.1) is 0 Å². The van der Waals surface area contributed by atoms with Crippen molar-refractivity contribution < 1.29 is 4.74 Å². The van der Waals surface area contributed by atoms with Crippen molar-refractivity contribution in [1.29, 1.82) is 0 Å². The van der Waals surface area contributed by atoms with Crippen molar-refractivity contribution in [2.75, 3.05) is 19.8 Å². The van der Waals surface area contributed by atoms with Gasteiger partial charge in [-0.1, -0.05) is 13.3 Å². The molecule has 15 heavy (non-hydrogen) atoms. The summed E-state index contributed by atoms with van der Waals surface area (Å²) in [6.45, 7) is 5.78. The molecule has 4 nitrogen and oxygen atoms in total. The number of ether oxygens (including phenoxy) is 1. The molecule has 1 aromatic heterocycles. The zero-order chi connectivity index (χ0) is 10.8. The summed E-state index contributed by atoms with van der Waals surface area (Å²) in [7, 11) is 0. The summed E-state index contributed by atoms with van der Waals surface area (Å²) in [6, 6.07) is 1.98. The quantitative estimate of drug-likeness (QED) is 0.611. The number of rotatable bonds is 9. The van der Waals surface area contributed by atoms with Crippen LogP contribution in [0.25, 0.3) is 0 Å². The monoisotopic (exact) mass is 211 g/mol. The molecule has 0 saturated heterocycles. The minimum Gasteiger partial charge on any atom is -0.381 e. The number of hydrogen-bond acceptors (Lipinski definition) is 3. The van der Waals surface area contributed by atoms with E-state index in [-0.39, 0.29) is 0 Å². The van der Waals surface area contributed by atoms with Crippen molar-refractivity contribution in [2.45, 2.75) is 32.7 Å². The number of hydrogen-bond donors (Lipinski definition) is 2. The summed E-state index contributed by atoms with van der Waals surface area (Å²) in [6.07, 6.45) is 5.21. The average Bonchev–Trinajstić information content (AvgIpc) is 2.75. The van der Waals surface area contributed by atoms with Crippen LogP contribution in [0.15, 0.2) is 12.3 Å². The Morgan fingerprint density at radius 1 is 1.40 bits per heavy atom. The Balaban J connectivity index is 1.81. The number of H-pyrrole nitrogens is 1. The minimum atomic E-state index is 0.856. The second-order valence-electron chi connectivity index (χ2n) is 3.58. The first-order valence-electron chi connectivity index (χ1n) is 5.70. The third-order valence-corrected chi connectivity index (χ3v) is 2.16. The molecule has 1 aromatic rings. The second kappa shape index (κ2) is 8.44. The van der Waals surface area contributed by atoms with E-state index in [9.17, 15) is 0 Å². The van der Waals surface area contributed by atoms with Gasteiger partial charge < -0.3 is 10.1 Å². The van der Waals surface area contributed by atoms with Gasteiger partial charge in [0.05, 0.1) is 0 Å². The lowest BCUT2D eigenvalue weighted by Gasteiger charge is -2.04. The first-order valence-corrected chi connectivity index (χ1v) is 5.70. The predicted octanol–water partition coefficient (Wildman–Crippen LogP) is 1.71. The molecule has 0 atom stereocenters. The number of nitrogens with zero attached hydrogens (tertiary/aromatic N) is 1. The van der Waals surface area contributed by atoms with Crippen LogP contribution in [0.3, 0.4) is 0 Å². The van der Waals surface area contributed by atoms with Crippen LogP contribution >= 0.6 is 0 Å². The van der Waals surface area contributed by atoms with Gasteiger partial charge in [0.25, 0.3) is 0 Å². The maximum atomic E-state index is 5.45. The summed E-state index contributed by atoms with van der Waals surface area (Å²) >= 11 is 0. The molecule has 0 unspecified atom stereocenters. The van der Waals surface area contributed by atoms with E-state index < -0.39 is 0 Å². The molecule has 0 bridgehead atoms. The molecule has 0 aliphatic carbocycles. The number of nitrogens with one attached hydrogen (secondary N) is 2. The molecule has 0 saturated carbocycles. The second-order valence-corrected chi connectivity index (χ2v) is 3.58. The molecule has 0 amide bonds. The van der Waals surface area contributed by atoms with E-state index in [1.165, 1.54) is 12.8 Å². The highest BCUT2D eigenvalue weighted by molar-refractivity contribution is 4.96. The van der Waals surface area contributed by atoms with Crippen LogP contribution in [0.2, 0.25) is 0 Å². The Bertz CT molecular complexity index is 224. The van der Waals surface area contributed by atoms with Crippen molar-refractivity contribution in [2.24, 2.45) is 0 Å². The van der Waals surface area contributed by atoms with Gasteiger partial charge in [0.2, 0.25) is 0 Å². The highest BCUT2D eigenvalue weighted by atomic mass is 16.5. The van der Waals surface area contributed by atoms with E-state index in [0.717, 1.165) is 38.4 Å². The van der Waals surface area contributed by atoms with E-state index in [4.69, 9.17) is 4.74 Å².